The molecule has 25 heavy (non-hydrogen) atoms. The normalized spacial score (nSPS) is 19.2. The Kier molecular flexibility index (Phi) is 11.1. The van der Waals surface area contributed by atoms with Crippen LogP contribution >= 0.6 is 0 Å². The van der Waals surface area contributed by atoms with Gasteiger partial charge in [0.2, 0.25) is 0 Å². The molecular weight excluding hydrogens is 505 g/mol. The molecule has 2 saturated carbocycles. The molecule has 0 spiro atoms. The molecule has 0 unspecified atom stereocenters. The predicted octanol–water partition coefficient (Wildman–Crippen LogP) is 5.49. The van der Waals surface area contributed by atoms with Gasteiger partial charge in [-0.05, 0) is 0 Å². The second-order valence-electron chi connectivity index (χ2n) is 7.94. The number of hydrogen-bond donors (Lipinski definition) is 0. The van der Waals surface area contributed by atoms with E-state index >= 15 is 0 Å². The van der Waals surface area contributed by atoms with Crippen LogP contribution in [0.25, 0.3) is 0 Å². The van der Waals surface area contributed by atoms with E-state index < -0.39 is 25.5 Å². The predicted molar refractivity (Wildman–Crippen MR) is 93.0 cm³/mol. The Bertz CT molecular complexity index is 351. The van der Waals surface area contributed by atoms with Gasteiger partial charge >= 0.3 is 167 Å². The van der Waals surface area contributed by atoms with E-state index in [2.05, 4.69) is 0 Å². The van der Waals surface area contributed by atoms with Crippen molar-refractivity contribution in [2.75, 3.05) is 0 Å². The van der Waals surface area contributed by atoms with Crippen molar-refractivity contribution in [3.63, 3.8) is 0 Å². The van der Waals surface area contributed by atoms with Gasteiger partial charge in [-0.15, -0.1) is 0 Å². The SMILES string of the molecule is O=C(CCCC1CCCCC1)[O][Hg][O]C(=O)CCCC1CCCCC1. The minimum atomic E-state index is -2.24. The summed E-state index contributed by atoms with van der Waals surface area (Å²) in [7, 11) is 0. The standard InChI is InChI=1S/2C10H18O2.Hg/c2*11-10(12)8-4-7-9-5-2-1-3-6-9;/h2*9H,1-8H2,(H,11,12);/q;;+2/p-2. The van der Waals surface area contributed by atoms with Crippen LogP contribution in [0.2, 0.25) is 0 Å². The summed E-state index contributed by atoms with van der Waals surface area (Å²) >= 11 is -2.24. The Hall–Kier alpha value is -0.125. The Morgan fingerprint density at radius 1 is 0.680 bits per heavy atom. The van der Waals surface area contributed by atoms with E-state index in [1.807, 2.05) is 0 Å². The zero-order chi connectivity index (χ0) is 17.7. The van der Waals surface area contributed by atoms with Crippen molar-refractivity contribution in [3.05, 3.63) is 0 Å². The van der Waals surface area contributed by atoms with Crippen molar-refractivity contribution in [1.82, 2.24) is 0 Å². The molecule has 0 N–H and O–H groups in total. The van der Waals surface area contributed by atoms with E-state index in [0.717, 1.165) is 37.5 Å². The Labute approximate surface area is 166 Å². The number of carbonyl (C=O) groups is 2. The third kappa shape index (κ3) is 9.96. The van der Waals surface area contributed by atoms with Crippen LogP contribution in [0.15, 0.2) is 0 Å². The Balaban J connectivity index is 1.41. The zero-order valence-corrected chi connectivity index (χ0v) is 21.3. The van der Waals surface area contributed by atoms with Crippen LogP contribution < -0.4 is 0 Å². The van der Waals surface area contributed by atoms with Crippen LogP contribution in [0.1, 0.15) is 103 Å². The summed E-state index contributed by atoms with van der Waals surface area (Å²) in [4.78, 5) is 23.5. The second kappa shape index (κ2) is 13.1. The van der Waals surface area contributed by atoms with E-state index in [9.17, 15) is 9.59 Å². The zero-order valence-electron chi connectivity index (χ0n) is 15.8. The summed E-state index contributed by atoms with van der Waals surface area (Å²) in [6, 6.07) is 0. The first-order valence-corrected chi connectivity index (χ1v) is 15.0. The molecule has 2 aliphatic carbocycles. The molecule has 0 atom stereocenters. The van der Waals surface area contributed by atoms with Gasteiger partial charge in [0.15, 0.2) is 0 Å². The average Bonchev–Trinajstić information content (AvgIpc) is 2.63. The van der Waals surface area contributed by atoms with Gasteiger partial charge in [-0.1, -0.05) is 0 Å². The van der Waals surface area contributed by atoms with E-state index in [4.69, 9.17) is 5.29 Å². The third-order valence-electron chi connectivity index (χ3n) is 5.88. The molecular formula is C20H34HgO4. The molecule has 0 aliphatic heterocycles. The molecule has 0 aromatic heterocycles. The molecule has 140 valence electrons. The molecule has 0 aromatic rings. The van der Waals surface area contributed by atoms with Crippen molar-refractivity contribution in [1.29, 1.82) is 0 Å². The fourth-order valence-corrected chi connectivity index (χ4v) is 6.70. The van der Waals surface area contributed by atoms with Gasteiger partial charge in [0, 0.05) is 0 Å². The molecule has 2 rings (SSSR count). The van der Waals surface area contributed by atoms with Gasteiger partial charge in [0.25, 0.3) is 0 Å². The van der Waals surface area contributed by atoms with Crippen molar-refractivity contribution < 1.29 is 40.4 Å². The summed E-state index contributed by atoms with van der Waals surface area (Å²) in [5.74, 6) is 1.33. The molecule has 2 aliphatic rings. The summed E-state index contributed by atoms with van der Waals surface area (Å²) in [5, 5.41) is 0. The van der Waals surface area contributed by atoms with Crippen LogP contribution in [-0.2, 0) is 40.4 Å². The second-order valence-corrected chi connectivity index (χ2v) is 11.1. The monoisotopic (exact) mass is 540 g/mol. The van der Waals surface area contributed by atoms with Crippen molar-refractivity contribution in [3.8, 4) is 0 Å². The summed E-state index contributed by atoms with van der Waals surface area (Å²) in [6.07, 6.45) is 18.6. The van der Waals surface area contributed by atoms with E-state index in [1.165, 1.54) is 64.2 Å². The number of rotatable bonds is 10. The maximum absolute atomic E-state index is 11.7. The van der Waals surface area contributed by atoms with Gasteiger partial charge in [0.05, 0.1) is 0 Å². The Morgan fingerprint density at radius 2 is 1.08 bits per heavy atom. The van der Waals surface area contributed by atoms with E-state index in [-0.39, 0.29) is 11.9 Å². The first-order chi connectivity index (χ1) is 12.2. The molecule has 0 bridgehead atoms. The van der Waals surface area contributed by atoms with E-state index in [0.29, 0.717) is 12.8 Å². The van der Waals surface area contributed by atoms with Crippen molar-refractivity contribution in [2.24, 2.45) is 11.8 Å². The fourth-order valence-electron chi connectivity index (χ4n) is 4.33. The first-order valence-electron chi connectivity index (χ1n) is 10.6. The minimum absolute atomic E-state index is 0.146. The summed E-state index contributed by atoms with van der Waals surface area (Å²) in [6.45, 7) is 0. The molecule has 0 radical (unpaired) electrons. The van der Waals surface area contributed by atoms with Crippen LogP contribution in [-0.4, -0.2) is 11.9 Å². The quantitative estimate of drug-likeness (QED) is 0.345. The molecule has 0 amide bonds. The van der Waals surface area contributed by atoms with Gasteiger partial charge in [-0.3, -0.25) is 0 Å². The maximum atomic E-state index is 11.7. The number of carbonyl (C=O) groups excluding carboxylic acids is 2. The van der Waals surface area contributed by atoms with Crippen molar-refractivity contribution >= 4 is 11.9 Å². The van der Waals surface area contributed by atoms with Gasteiger partial charge in [-0.25, -0.2) is 0 Å². The number of hydrogen-bond acceptors (Lipinski definition) is 4. The average molecular weight is 539 g/mol. The summed E-state index contributed by atoms with van der Waals surface area (Å²) in [5.41, 5.74) is 0. The molecule has 0 saturated heterocycles. The first kappa shape index (κ1) is 21.2. The molecule has 0 heterocycles. The Morgan fingerprint density at radius 3 is 1.48 bits per heavy atom. The third-order valence-corrected chi connectivity index (χ3v) is 9.30. The van der Waals surface area contributed by atoms with Gasteiger partial charge in [0.1, 0.15) is 0 Å². The van der Waals surface area contributed by atoms with Gasteiger partial charge in [-0.2, -0.15) is 0 Å². The molecule has 0 aromatic carbocycles. The summed E-state index contributed by atoms with van der Waals surface area (Å²) < 4.78 is 10.5. The molecule has 4 nitrogen and oxygen atoms in total. The van der Waals surface area contributed by atoms with Crippen LogP contribution in [0.3, 0.4) is 0 Å². The topological polar surface area (TPSA) is 52.6 Å². The van der Waals surface area contributed by atoms with E-state index in [1.54, 1.807) is 0 Å². The van der Waals surface area contributed by atoms with Crippen molar-refractivity contribution in [2.45, 2.75) is 103 Å². The van der Waals surface area contributed by atoms with Gasteiger partial charge < -0.3 is 0 Å². The van der Waals surface area contributed by atoms with Crippen LogP contribution in [0.5, 0.6) is 0 Å². The molecule has 2 fully saturated rings. The molecule has 5 heteroatoms. The van der Waals surface area contributed by atoms with Crippen LogP contribution in [0, 0.1) is 11.8 Å². The van der Waals surface area contributed by atoms with Crippen LogP contribution in [0.4, 0.5) is 0 Å². The fraction of sp³-hybridized carbons (Fsp3) is 0.900.